The molecule has 0 aromatic heterocycles. The second-order valence-electron chi connectivity index (χ2n) is 4.66. The number of aryl methyl sites for hydroxylation is 1. The van der Waals surface area contributed by atoms with E-state index < -0.39 is 11.7 Å². The molecule has 0 aliphatic rings. The van der Waals surface area contributed by atoms with Gasteiger partial charge in [-0.1, -0.05) is 43.4 Å². The lowest BCUT2D eigenvalue weighted by molar-refractivity contribution is -0.137. The molecule has 2 aromatic carbocycles. The maximum atomic E-state index is 12.5. The van der Waals surface area contributed by atoms with Gasteiger partial charge in [0.25, 0.3) is 0 Å². The Morgan fingerprint density at radius 1 is 1.14 bits per heavy atom. The van der Waals surface area contributed by atoms with E-state index in [4.69, 9.17) is 12.2 Å². The quantitative estimate of drug-likeness (QED) is 0.666. The van der Waals surface area contributed by atoms with Crippen LogP contribution in [0.3, 0.4) is 0 Å². The van der Waals surface area contributed by atoms with Crippen LogP contribution >= 0.6 is 28.1 Å². The Labute approximate surface area is 140 Å². The molecule has 1 N–H and O–H groups in total. The van der Waals surface area contributed by atoms with E-state index in [1.54, 1.807) is 0 Å². The van der Waals surface area contributed by atoms with E-state index in [0.29, 0.717) is 10.6 Å². The first-order chi connectivity index (χ1) is 10.3. The third-order valence-electron chi connectivity index (χ3n) is 3.18. The molecule has 0 fully saturated rings. The summed E-state index contributed by atoms with van der Waals surface area (Å²) < 4.78 is 38.6. The highest BCUT2D eigenvalue weighted by molar-refractivity contribution is 9.10. The Morgan fingerprint density at radius 2 is 1.77 bits per heavy atom. The normalized spacial score (nSPS) is 11.3. The first-order valence-corrected chi connectivity index (χ1v) is 7.79. The second kappa shape index (κ2) is 6.79. The van der Waals surface area contributed by atoms with Gasteiger partial charge in [-0.15, -0.1) is 0 Å². The van der Waals surface area contributed by atoms with Crippen LogP contribution in [0.2, 0.25) is 0 Å². The lowest BCUT2D eigenvalue weighted by Crippen LogP contribution is -2.12. The summed E-state index contributed by atoms with van der Waals surface area (Å²) in [5, 5.41) is 3.06. The number of alkyl halides is 3. The van der Waals surface area contributed by atoms with Crippen molar-refractivity contribution in [1.29, 1.82) is 0 Å². The molecule has 1 nitrogen and oxygen atoms in total. The molecule has 0 heterocycles. The van der Waals surface area contributed by atoms with Crippen molar-refractivity contribution in [3.05, 3.63) is 63.6 Å². The van der Waals surface area contributed by atoms with Gasteiger partial charge in [0.2, 0.25) is 0 Å². The smallest absolute Gasteiger partial charge is 0.345 e. The summed E-state index contributed by atoms with van der Waals surface area (Å²) in [6, 6.07) is 10.6. The number of hydrogen-bond donors (Lipinski definition) is 1. The number of hydrogen-bond acceptors (Lipinski definition) is 1. The predicted molar refractivity (Wildman–Crippen MR) is 90.3 cm³/mol. The van der Waals surface area contributed by atoms with E-state index >= 15 is 0 Å². The molecular formula is C16H13BrF3NS. The second-order valence-corrected chi connectivity index (χ2v) is 5.86. The zero-order valence-electron chi connectivity index (χ0n) is 11.7. The molecule has 6 heteroatoms. The van der Waals surface area contributed by atoms with E-state index in [0.717, 1.165) is 34.3 Å². The number of rotatable bonds is 3. The molecule has 116 valence electrons. The fourth-order valence-corrected chi connectivity index (χ4v) is 2.84. The van der Waals surface area contributed by atoms with E-state index in [1.807, 2.05) is 25.1 Å². The van der Waals surface area contributed by atoms with Crippen LogP contribution in [0.15, 0.2) is 46.9 Å². The molecule has 0 amide bonds. The van der Waals surface area contributed by atoms with Gasteiger partial charge in [0.05, 0.1) is 11.3 Å². The molecule has 0 bridgehead atoms. The summed E-state index contributed by atoms with van der Waals surface area (Å²) in [5.74, 6) is 0. The average molecular weight is 388 g/mol. The van der Waals surface area contributed by atoms with Gasteiger partial charge in [0.15, 0.2) is 0 Å². The van der Waals surface area contributed by atoms with Gasteiger partial charge >= 0.3 is 6.18 Å². The van der Waals surface area contributed by atoms with Crippen LogP contribution in [-0.2, 0) is 12.6 Å². The molecule has 0 radical (unpaired) electrons. The number of benzene rings is 2. The minimum atomic E-state index is -4.34. The molecular weight excluding hydrogens is 375 g/mol. The van der Waals surface area contributed by atoms with Crippen molar-refractivity contribution in [2.45, 2.75) is 19.5 Å². The SMILES string of the molecule is CCc1cccc(NC(=S)c2ccc(C(F)(F)F)cc2)c1Br. The number of thiocarbonyl (C=S) groups is 1. The van der Waals surface area contributed by atoms with Crippen molar-refractivity contribution >= 4 is 38.8 Å². The van der Waals surface area contributed by atoms with Gasteiger partial charge in [-0.25, -0.2) is 0 Å². The molecule has 0 unspecified atom stereocenters. The first-order valence-electron chi connectivity index (χ1n) is 6.59. The lowest BCUT2D eigenvalue weighted by Gasteiger charge is -2.13. The van der Waals surface area contributed by atoms with Crippen LogP contribution in [0.25, 0.3) is 0 Å². The van der Waals surface area contributed by atoms with Crippen LogP contribution in [-0.4, -0.2) is 4.99 Å². The first kappa shape index (κ1) is 17.0. The fraction of sp³-hybridized carbons (Fsp3) is 0.188. The maximum absolute atomic E-state index is 12.5. The number of halogens is 4. The van der Waals surface area contributed by atoms with E-state index in [1.165, 1.54) is 12.1 Å². The monoisotopic (exact) mass is 387 g/mol. The summed E-state index contributed by atoms with van der Waals surface area (Å²) in [4.78, 5) is 0.377. The topological polar surface area (TPSA) is 12.0 Å². The summed E-state index contributed by atoms with van der Waals surface area (Å²) in [6.07, 6.45) is -3.48. The average Bonchev–Trinajstić information content (AvgIpc) is 2.48. The Morgan fingerprint density at radius 3 is 2.32 bits per heavy atom. The summed E-state index contributed by atoms with van der Waals surface area (Å²) in [5.41, 5.74) is 1.77. The molecule has 0 spiro atoms. The van der Waals surface area contributed by atoms with Gasteiger partial charge in [-0.3, -0.25) is 0 Å². The van der Waals surface area contributed by atoms with E-state index in [2.05, 4.69) is 21.2 Å². The highest BCUT2D eigenvalue weighted by Gasteiger charge is 2.30. The zero-order chi connectivity index (χ0) is 16.3. The van der Waals surface area contributed by atoms with Crippen molar-refractivity contribution in [3.63, 3.8) is 0 Å². The van der Waals surface area contributed by atoms with Crippen LogP contribution < -0.4 is 5.32 Å². The van der Waals surface area contributed by atoms with Gasteiger partial charge in [0, 0.05) is 10.0 Å². The molecule has 2 rings (SSSR count). The molecule has 0 saturated heterocycles. The predicted octanol–water partition coefficient (Wildman–Crippen LogP) is 5.82. The van der Waals surface area contributed by atoms with E-state index in [-0.39, 0.29) is 0 Å². The van der Waals surface area contributed by atoms with Crippen molar-refractivity contribution < 1.29 is 13.2 Å². The van der Waals surface area contributed by atoms with Crippen LogP contribution in [0.4, 0.5) is 18.9 Å². The molecule has 0 saturated carbocycles. The number of nitrogens with one attached hydrogen (secondary N) is 1. The third-order valence-corrected chi connectivity index (χ3v) is 4.46. The molecule has 0 aliphatic carbocycles. The van der Waals surface area contributed by atoms with Crippen molar-refractivity contribution in [2.75, 3.05) is 5.32 Å². The van der Waals surface area contributed by atoms with Crippen molar-refractivity contribution in [2.24, 2.45) is 0 Å². The van der Waals surface area contributed by atoms with Crippen LogP contribution in [0.5, 0.6) is 0 Å². The highest BCUT2D eigenvalue weighted by atomic mass is 79.9. The van der Waals surface area contributed by atoms with Gasteiger partial charge in [-0.2, -0.15) is 13.2 Å². The summed E-state index contributed by atoms with van der Waals surface area (Å²) in [7, 11) is 0. The zero-order valence-corrected chi connectivity index (χ0v) is 14.1. The molecule has 2 aromatic rings. The van der Waals surface area contributed by atoms with Crippen LogP contribution in [0.1, 0.15) is 23.6 Å². The standard InChI is InChI=1S/C16H13BrF3NS/c1-2-10-4-3-5-13(14(10)17)21-15(22)11-6-8-12(9-7-11)16(18,19)20/h3-9H,2H2,1H3,(H,21,22). The largest absolute Gasteiger partial charge is 0.416 e. The summed E-state index contributed by atoms with van der Waals surface area (Å²) in [6.45, 7) is 2.04. The highest BCUT2D eigenvalue weighted by Crippen LogP contribution is 2.30. The molecule has 22 heavy (non-hydrogen) atoms. The Bertz CT molecular complexity index is 681. The third kappa shape index (κ3) is 3.87. The molecule has 0 aliphatic heterocycles. The minimum Gasteiger partial charge on any atom is -0.345 e. The number of anilines is 1. The van der Waals surface area contributed by atoms with E-state index in [9.17, 15) is 13.2 Å². The Kier molecular flexibility index (Phi) is 5.24. The lowest BCUT2D eigenvalue weighted by atomic mass is 10.1. The van der Waals surface area contributed by atoms with Gasteiger partial charge in [-0.05, 0) is 46.1 Å². The minimum absolute atomic E-state index is 0.377. The Hall–Kier alpha value is -1.40. The van der Waals surface area contributed by atoms with Crippen molar-refractivity contribution in [3.8, 4) is 0 Å². The summed E-state index contributed by atoms with van der Waals surface area (Å²) >= 11 is 8.77. The van der Waals surface area contributed by atoms with Crippen molar-refractivity contribution in [1.82, 2.24) is 0 Å². The molecule has 0 atom stereocenters. The Balaban J connectivity index is 2.19. The van der Waals surface area contributed by atoms with Crippen LogP contribution in [0, 0.1) is 0 Å². The van der Waals surface area contributed by atoms with Gasteiger partial charge < -0.3 is 5.32 Å². The fourth-order valence-electron chi connectivity index (χ4n) is 1.95. The van der Waals surface area contributed by atoms with Gasteiger partial charge in [0.1, 0.15) is 4.99 Å². The maximum Gasteiger partial charge on any atom is 0.416 e.